The largest absolute Gasteiger partial charge is 0.293 e. The fourth-order valence-corrected chi connectivity index (χ4v) is 4.52. The van der Waals surface area contributed by atoms with Gasteiger partial charge in [-0.05, 0) is 67.1 Å². The minimum absolute atomic E-state index is 0.213. The van der Waals surface area contributed by atoms with Gasteiger partial charge in [-0.1, -0.05) is 0 Å². The topological polar surface area (TPSA) is 34.9 Å². The summed E-state index contributed by atoms with van der Waals surface area (Å²) in [7, 11) is 0. The van der Waals surface area contributed by atoms with Gasteiger partial charge in [0.25, 0.3) is 0 Å². The molecule has 0 atom stereocenters. The number of fused-ring (bicyclic) bond motifs is 1. The van der Waals surface area contributed by atoms with Gasteiger partial charge in [0.05, 0.1) is 27.2 Å². The van der Waals surface area contributed by atoms with Gasteiger partial charge in [-0.25, -0.2) is 0 Å². The van der Waals surface area contributed by atoms with E-state index >= 15 is 0 Å². The summed E-state index contributed by atoms with van der Waals surface area (Å²) in [5.41, 5.74) is 3.34. The van der Waals surface area contributed by atoms with Crippen molar-refractivity contribution in [1.82, 2.24) is 9.78 Å². The van der Waals surface area contributed by atoms with E-state index in [1.54, 1.807) is 11.3 Å². The lowest BCUT2D eigenvalue weighted by atomic mass is 9.99. The highest BCUT2D eigenvalue weighted by atomic mass is 79.9. The van der Waals surface area contributed by atoms with Crippen molar-refractivity contribution in [3.05, 3.63) is 37.2 Å². The maximum absolute atomic E-state index is 12.6. The fourth-order valence-electron chi connectivity index (χ4n) is 2.91. The van der Waals surface area contributed by atoms with Crippen molar-refractivity contribution >= 4 is 33.0 Å². The van der Waals surface area contributed by atoms with Crippen LogP contribution in [-0.4, -0.2) is 15.6 Å². The van der Waals surface area contributed by atoms with Crippen LogP contribution < -0.4 is 0 Å². The number of hydrogen-bond donors (Lipinski definition) is 0. The predicted octanol–water partition coefficient (Wildman–Crippen LogP) is 4.34. The third-order valence-electron chi connectivity index (χ3n) is 4.05. The second kappa shape index (κ2) is 6.05. The highest BCUT2D eigenvalue weighted by Crippen LogP contribution is 2.31. The van der Waals surface area contributed by atoms with Gasteiger partial charge < -0.3 is 0 Å². The summed E-state index contributed by atoms with van der Waals surface area (Å²) in [5, 5.41) is 4.46. The van der Waals surface area contributed by atoms with Crippen molar-refractivity contribution in [3.63, 3.8) is 0 Å². The Morgan fingerprint density at radius 3 is 2.90 bits per heavy atom. The maximum Gasteiger partial charge on any atom is 0.178 e. The number of aromatic nitrogens is 2. The minimum Gasteiger partial charge on any atom is -0.293 e. The van der Waals surface area contributed by atoms with Gasteiger partial charge in [0, 0.05) is 11.4 Å². The molecule has 0 spiro atoms. The molecule has 0 saturated carbocycles. The number of aryl methyl sites for hydroxylation is 4. The van der Waals surface area contributed by atoms with Gasteiger partial charge in [-0.2, -0.15) is 5.10 Å². The molecule has 1 aliphatic rings. The van der Waals surface area contributed by atoms with Gasteiger partial charge >= 0.3 is 0 Å². The first kappa shape index (κ1) is 15.0. The molecule has 0 unspecified atom stereocenters. The van der Waals surface area contributed by atoms with E-state index < -0.39 is 0 Å². The van der Waals surface area contributed by atoms with Crippen molar-refractivity contribution in [2.45, 2.75) is 52.5 Å². The van der Waals surface area contributed by atoms with E-state index in [-0.39, 0.29) is 5.78 Å². The second-order valence-electron chi connectivity index (χ2n) is 5.53. The van der Waals surface area contributed by atoms with Gasteiger partial charge in [0.2, 0.25) is 0 Å². The van der Waals surface area contributed by atoms with Crippen LogP contribution in [0.1, 0.15) is 51.3 Å². The Hall–Kier alpha value is -0.940. The van der Waals surface area contributed by atoms with Crippen LogP contribution in [0, 0.1) is 6.92 Å². The van der Waals surface area contributed by atoms with Crippen molar-refractivity contribution < 1.29 is 4.79 Å². The summed E-state index contributed by atoms with van der Waals surface area (Å²) in [4.78, 5) is 14.9. The lowest BCUT2D eigenvalue weighted by Crippen LogP contribution is -2.09. The number of halogens is 1. The molecule has 3 rings (SSSR count). The Balaban J connectivity index is 1.85. The van der Waals surface area contributed by atoms with Crippen LogP contribution in [0.25, 0.3) is 0 Å². The Morgan fingerprint density at radius 2 is 2.19 bits per heavy atom. The third kappa shape index (κ3) is 2.86. The van der Waals surface area contributed by atoms with E-state index in [9.17, 15) is 4.79 Å². The van der Waals surface area contributed by atoms with E-state index in [1.807, 2.05) is 11.6 Å². The predicted molar refractivity (Wildman–Crippen MR) is 89.3 cm³/mol. The standard InChI is InChI=1S/C16H19BrN2OS/c1-3-19-12(16(17)10(2)18-19)9-13(20)15-8-11-6-4-5-7-14(11)21-15/h8H,3-7,9H2,1-2H3. The first-order valence-corrected chi connectivity index (χ1v) is 9.07. The molecule has 2 aromatic rings. The van der Waals surface area contributed by atoms with Gasteiger partial charge in [0.1, 0.15) is 0 Å². The van der Waals surface area contributed by atoms with Crippen LogP contribution in [0.3, 0.4) is 0 Å². The van der Waals surface area contributed by atoms with Crippen molar-refractivity contribution in [3.8, 4) is 0 Å². The number of Topliss-reactive ketones (excluding diaryl/α,β-unsaturated/α-hetero) is 1. The van der Waals surface area contributed by atoms with Crippen molar-refractivity contribution in [1.29, 1.82) is 0 Å². The summed E-state index contributed by atoms with van der Waals surface area (Å²) in [6.45, 7) is 4.81. The summed E-state index contributed by atoms with van der Waals surface area (Å²) in [6.07, 6.45) is 5.21. The lowest BCUT2D eigenvalue weighted by Gasteiger charge is -2.08. The van der Waals surface area contributed by atoms with Crippen LogP contribution in [0.4, 0.5) is 0 Å². The zero-order valence-electron chi connectivity index (χ0n) is 12.4. The molecule has 0 fully saturated rings. The maximum atomic E-state index is 12.6. The summed E-state index contributed by atoms with van der Waals surface area (Å²) in [5.74, 6) is 0.213. The molecule has 0 N–H and O–H groups in total. The van der Waals surface area contributed by atoms with E-state index in [2.05, 4.69) is 34.0 Å². The van der Waals surface area contributed by atoms with Gasteiger partial charge in [-0.15, -0.1) is 11.3 Å². The number of carbonyl (C=O) groups excluding carboxylic acids is 1. The van der Waals surface area contributed by atoms with Crippen LogP contribution in [0.5, 0.6) is 0 Å². The molecule has 0 bridgehead atoms. The quantitative estimate of drug-likeness (QED) is 0.754. The summed E-state index contributed by atoms with van der Waals surface area (Å²) >= 11 is 5.26. The number of hydrogen-bond acceptors (Lipinski definition) is 3. The SMILES string of the molecule is CCn1nc(C)c(Br)c1CC(=O)c1cc2c(s1)CCCC2. The molecule has 0 radical (unpaired) electrons. The molecule has 0 amide bonds. The van der Waals surface area contributed by atoms with Crippen molar-refractivity contribution in [2.24, 2.45) is 0 Å². The molecular weight excluding hydrogens is 348 g/mol. The first-order valence-electron chi connectivity index (χ1n) is 7.46. The second-order valence-corrected chi connectivity index (χ2v) is 7.46. The highest BCUT2D eigenvalue weighted by Gasteiger charge is 2.20. The average molecular weight is 367 g/mol. The monoisotopic (exact) mass is 366 g/mol. The van der Waals surface area contributed by atoms with Crippen LogP contribution in [0.15, 0.2) is 10.5 Å². The van der Waals surface area contributed by atoms with Gasteiger partial charge in [0.15, 0.2) is 5.78 Å². The number of nitrogens with zero attached hydrogens (tertiary/aromatic N) is 2. The zero-order valence-corrected chi connectivity index (χ0v) is 14.8. The molecule has 0 aliphatic heterocycles. The summed E-state index contributed by atoms with van der Waals surface area (Å²) in [6, 6.07) is 2.12. The lowest BCUT2D eigenvalue weighted by molar-refractivity contribution is 0.0994. The Labute approximate surface area is 137 Å². The normalized spacial score (nSPS) is 14.2. The molecule has 112 valence electrons. The van der Waals surface area contributed by atoms with Crippen molar-refractivity contribution in [2.75, 3.05) is 0 Å². The highest BCUT2D eigenvalue weighted by molar-refractivity contribution is 9.10. The van der Waals surface area contributed by atoms with Gasteiger partial charge in [-0.3, -0.25) is 9.48 Å². The molecule has 1 aliphatic carbocycles. The van der Waals surface area contributed by atoms with Crippen LogP contribution in [-0.2, 0) is 25.8 Å². The number of ketones is 1. The van der Waals surface area contributed by atoms with E-state index in [4.69, 9.17) is 0 Å². The fraction of sp³-hybridized carbons (Fsp3) is 0.500. The smallest absolute Gasteiger partial charge is 0.178 e. The molecule has 21 heavy (non-hydrogen) atoms. The average Bonchev–Trinajstić information content (AvgIpc) is 3.03. The number of thiophene rings is 1. The van der Waals surface area contributed by atoms with E-state index in [0.717, 1.165) is 40.1 Å². The number of carbonyl (C=O) groups is 1. The first-order chi connectivity index (χ1) is 10.1. The molecule has 2 heterocycles. The van der Waals surface area contributed by atoms with Crippen LogP contribution in [0.2, 0.25) is 0 Å². The van der Waals surface area contributed by atoms with E-state index in [0.29, 0.717) is 6.42 Å². The zero-order chi connectivity index (χ0) is 15.0. The Kier molecular flexibility index (Phi) is 4.31. The Bertz CT molecular complexity index is 663. The van der Waals surface area contributed by atoms with Crippen LogP contribution >= 0.6 is 27.3 Å². The van der Waals surface area contributed by atoms with E-state index in [1.165, 1.54) is 23.3 Å². The molecule has 3 nitrogen and oxygen atoms in total. The molecular formula is C16H19BrN2OS. The Morgan fingerprint density at radius 1 is 1.43 bits per heavy atom. The molecule has 0 aromatic carbocycles. The molecule has 5 heteroatoms. The molecule has 0 saturated heterocycles. The molecule has 2 aromatic heterocycles. The number of rotatable bonds is 4. The summed E-state index contributed by atoms with van der Waals surface area (Å²) < 4.78 is 2.89. The minimum atomic E-state index is 0.213. The third-order valence-corrected chi connectivity index (χ3v) is 6.36.